The minimum atomic E-state index is 0. The van der Waals surface area contributed by atoms with Crippen molar-refractivity contribution < 1.29 is 0 Å². The molecule has 0 N–H and O–H groups in total. The highest BCUT2D eigenvalue weighted by atomic mass is 35.5. The van der Waals surface area contributed by atoms with Crippen LogP contribution in [0.3, 0.4) is 0 Å². The van der Waals surface area contributed by atoms with Gasteiger partial charge in [-0.05, 0) is 14.1 Å². The molecule has 0 bridgehead atoms. The fourth-order valence-corrected chi connectivity index (χ4v) is 3.61. The molecule has 4 heteroatoms. The van der Waals surface area contributed by atoms with Crippen molar-refractivity contribution in [3.8, 4) is 0 Å². The first-order valence-corrected chi connectivity index (χ1v) is 5.20. The second-order valence-corrected chi connectivity index (χ2v) is 4.74. The third-order valence-electron chi connectivity index (χ3n) is 1.33. The quantitative estimate of drug-likeness (QED) is 0.573. The average Bonchev–Trinajstić information content (AvgIpc) is 2.12. The molecule has 56 valence electrons. The topological polar surface area (TPSA) is 3.24 Å². The van der Waals surface area contributed by atoms with Crippen LogP contribution in [0.4, 0.5) is 0 Å². The fraction of sp³-hybridized carbons (Fsp3) is 1.00. The van der Waals surface area contributed by atoms with Gasteiger partial charge in [0.15, 0.2) is 0 Å². The van der Waals surface area contributed by atoms with Gasteiger partial charge in [0.25, 0.3) is 0 Å². The first kappa shape index (κ1) is 9.95. The molecule has 0 radical (unpaired) electrons. The largest absolute Gasteiger partial charge is 0.305 e. The molecule has 0 aromatic heterocycles. The van der Waals surface area contributed by atoms with Gasteiger partial charge in [0.2, 0.25) is 0 Å². The van der Waals surface area contributed by atoms with Crippen LogP contribution in [0.15, 0.2) is 0 Å². The monoisotopic (exact) mass is 185 g/mol. The molecular weight excluding hydrogens is 174 g/mol. The molecule has 1 aliphatic heterocycles. The van der Waals surface area contributed by atoms with Crippen LogP contribution < -0.4 is 0 Å². The van der Waals surface area contributed by atoms with Crippen LogP contribution in [0, 0.1) is 0 Å². The highest BCUT2D eigenvalue weighted by Crippen LogP contribution is 2.32. The Bertz CT molecular complexity index is 73.4. The Kier molecular flexibility index (Phi) is 5.22. The lowest BCUT2D eigenvalue weighted by Crippen LogP contribution is -2.29. The molecule has 1 rings (SSSR count). The van der Waals surface area contributed by atoms with E-state index in [0.717, 1.165) is 6.04 Å². The molecule has 0 saturated carbocycles. The second-order valence-electron chi connectivity index (χ2n) is 2.19. The van der Waals surface area contributed by atoms with Crippen LogP contribution in [-0.4, -0.2) is 36.5 Å². The van der Waals surface area contributed by atoms with Crippen molar-refractivity contribution in [2.75, 3.05) is 25.6 Å². The fourth-order valence-electron chi connectivity index (χ4n) is 0.600. The van der Waals surface area contributed by atoms with E-state index in [1.807, 2.05) is 21.6 Å². The summed E-state index contributed by atoms with van der Waals surface area (Å²) in [6, 6.07) is 0.824. The Hall–Kier alpha value is 0.950. The van der Waals surface area contributed by atoms with Crippen molar-refractivity contribution in [2.24, 2.45) is 0 Å². The van der Waals surface area contributed by atoms with Crippen molar-refractivity contribution in [1.82, 2.24) is 4.90 Å². The van der Waals surface area contributed by atoms with Crippen LogP contribution >= 0.6 is 34.0 Å². The summed E-state index contributed by atoms with van der Waals surface area (Å²) in [6.07, 6.45) is 0. The van der Waals surface area contributed by atoms with Crippen LogP contribution in [-0.2, 0) is 0 Å². The van der Waals surface area contributed by atoms with Crippen LogP contribution in [0.5, 0.6) is 0 Å². The van der Waals surface area contributed by atoms with Crippen LogP contribution in [0.25, 0.3) is 0 Å². The summed E-state index contributed by atoms with van der Waals surface area (Å²) >= 11 is 0. The molecule has 1 saturated heterocycles. The average molecular weight is 186 g/mol. The molecule has 1 fully saturated rings. The zero-order chi connectivity index (χ0) is 5.98. The van der Waals surface area contributed by atoms with E-state index in [1.54, 1.807) is 0 Å². The molecule has 1 aliphatic rings. The number of halogens is 1. The highest BCUT2D eigenvalue weighted by Gasteiger charge is 2.17. The van der Waals surface area contributed by atoms with Crippen molar-refractivity contribution >= 4 is 34.0 Å². The van der Waals surface area contributed by atoms with E-state index < -0.39 is 0 Å². The molecule has 0 amide bonds. The summed E-state index contributed by atoms with van der Waals surface area (Å²) in [5.41, 5.74) is 0. The maximum absolute atomic E-state index is 2.30. The maximum Gasteiger partial charge on any atom is 0.0287 e. The van der Waals surface area contributed by atoms with Crippen molar-refractivity contribution in [2.45, 2.75) is 6.04 Å². The Morgan fingerprint density at radius 3 is 1.89 bits per heavy atom. The second kappa shape index (κ2) is 4.72. The molecule has 1 heterocycles. The van der Waals surface area contributed by atoms with E-state index in [9.17, 15) is 0 Å². The number of hydrogen-bond donors (Lipinski definition) is 0. The molecule has 9 heavy (non-hydrogen) atoms. The summed E-state index contributed by atoms with van der Waals surface area (Å²) in [6.45, 7) is 0. The minimum absolute atomic E-state index is 0. The van der Waals surface area contributed by atoms with Gasteiger partial charge in [-0.2, -0.15) is 0 Å². The SMILES string of the molecule is CN(C)C1CSSC1.Cl. The Balaban J connectivity index is 0.000000640. The van der Waals surface area contributed by atoms with Gasteiger partial charge in [-0.3, -0.25) is 0 Å². The third kappa shape index (κ3) is 3.03. The molecule has 0 aliphatic carbocycles. The molecule has 1 nitrogen and oxygen atoms in total. The van der Waals surface area contributed by atoms with Gasteiger partial charge < -0.3 is 4.90 Å². The summed E-state index contributed by atoms with van der Waals surface area (Å²) < 4.78 is 0. The Morgan fingerprint density at radius 1 is 1.22 bits per heavy atom. The zero-order valence-corrected chi connectivity index (χ0v) is 8.11. The summed E-state index contributed by atoms with van der Waals surface area (Å²) in [4.78, 5) is 2.30. The number of rotatable bonds is 1. The maximum atomic E-state index is 2.30. The van der Waals surface area contributed by atoms with Gasteiger partial charge in [-0.1, -0.05) is 21.6 Å². The lowest BCUT2D eigenvalue weighted by atomic mass is 10.4. The van der Waals surface area contributed by atoms with E-state index in [2.05, 4.69) is 19.0 Å². The lowest BCUT2D eigenvalue weighted by molar-refractivity contribution is 0.347. The summed E-state index contributed by atoms with van der Waals surface area (Å²) in [5, 5.41) is 0. The molecule has 0 aromatic rings. The molecule has 0 atom stereocenters. The molecule has 0 aromatic carbocycles. The van der Waals surface area contributed by atoms with E-state index in [-0.39, 0.29) is 12.4 Å². The predicted molar refractivity (Wildman–Crippen MR) is 49.6 cm³/mol. The Labute approximate surface area is 70.8 Å². The lowest BCUT2D eigenvalue weighted by Gasteiger charge is -2.15. The first-order chi connectivity index (χ1) is 3.80. The third-order valence-corrected chi connectivity index (χ3v) is 3.86. The number of hydrogen-bond acceptors (Lipinski definition) is 3. The van der Waals surface area contributed by atoms with E-state index in [4.69, 9.17) is 0 Å². The van der Waals surface area contributed by atoms with Gasteiger partial charge in [-0.15, -0.1) is 12.4 Å². The van der Waals surface area contributed by atoms with E-state index in [0.29, 0.717) is 0 Å². The molecule has 0 unspecified atom stereocenters. The number of nitrogens with zero attached hydrogens (tertiary/aromatic N) is 1. The van der Waals surface area contributed by atoms with Crippen molar-refractivity contribution in [3.63, 3.8) is 0 Å². The normalized spacial score (nSPS) is 20.3. The van der Waals surface area contributed by atoms with Gasteiger partial charge in [0.05, 0.1) is 0 Å². The zero-order valence-electron chi connectivity index (χ0n) is 5.66. The standard InChI is InChI=1S/C5H11NS2.ClH/c1-6(2)5-3-7-8-4-5;/h5H,3-4H2,1-2H3;1H. The first-order valence-electron chi connectivity index (χ1n) is 2.71. The Morgan fingerprint density at radius 2 is 1.67 bits per heavy atom. The smallest absolute Gasteiger partial charge is 0.0287 e. The van der Waals surface area contributed by atoms with Gasteiger partial charge in [-0.25, -0.2) is 0 Å². The van der Waals surface area contributed by atoms with Crippen LogP contribution in [0.2, 0.25) is 0 Å². The van der Waals surface area contributed by atoms with Gasteiger partial charge >= 0.3 is 0 Å². The van der Waals surface area contributed by atoms with Crippen molar-refractivity contribution in [3.05, 3.63) is 0 Å². The highest BCUT2D eigenvalue weighted by molar-refractivity contribution is 8.77. The van der Waals surface area contributed by atoms with Gasteiger partial charge in [0, 0.05) is 17.5 Å². The van der Waals surface area contributed by atoms with Crippen molar-refractivity contribution in [1.29, 1.82) is 0 Å². The minimum Gasteiger partial charge on any atom is -0.305 e. The summed E-state index contributed by atoms with van der Waals surface area (Å²) in [5.74, 6) is 2.61. The van der Waals surface area contributed by atoms with Crippen LogP contribution in [0.1, 0.15) is 0 Å². The van der Waals surface area contributed by atoms with E-state index in [1.165, 1.54) is 11.5 Å². The molecule has 0 spiro atoms. The summed E-state index contributed by atoms with van der Waals surface area (Å²) in [7, 11) is 8.27. The van der Waals surface area contributed by atoms with E-state index >= 15 is 0 Å². The predicted octanol–water partition coefficient (Wildman–Crippen LogP) is 1.73. The molecular formula is C5H12ClNS2. The van der Waals surface area contributed by atoms with Gasteiger partial charge in [0.1, 0.15) is 0 Å².